The Morgan fingerprint density at radius 2 is 2.16 bits per heavy atom. The maximum absolute atomic E-state index is 6.04. The highest BCUT2D eigenvalue weighted by molar-refractivity contribution is 7.11. The van der Waals surface area contributed by atoms with Crippen molar-refractivity contribution in [3.05, 3.63) is 44.9 Å². The maximum Gasteiger partial charge on any atom is 0.191 e. The zero-order valence-corrected chi connectivity index (χ0v) is 16.5. The monoisotopic (exact) mass is 380 g/mol. The molecule has 0 unspecified atom stereocenters. The van der Waals surface area contributed by atoms with Gasteiger partial charge < -0.3 is 15.4 Å². The number of nitrogens with zero attached hydrogens (tertiary/aromatic N) is 2. The second-order valence-electron chi connectivity index (χ2n) is 5.36. The van der Waals surface area contributed by atoms with E-state index in [1.807, 2.05) is 31.3 Å². The Kier molecular flexibility index (Phi) is 8.01. The van der Waals surface area contributed by atoms with Crippen LogP contribution in [0.25, 0.3) is 0 Å². The topological polar surface area (TPSA) is 58.5 Å². The van der Waals surface area contributed by atoms with Crippen molar-refractivity contribution in [2.45, 2.75) is 33.2 Å². The van der Waals surface area contributed by atoms with Gasteiger partial charge in [-0.1, -0.05) is 24.6 Å². The minimum atomic E-state index is 0.605. The summed E-state index contributed by atoms with van der Waals surface area (Å²) < 4.78 is 5.64. The number of ether oxygens (including phenoxy) is 1. The van der Waals surface area contributed by atoms with Crippen molar-refractivity contribution in [3.63, 3.8) is 0 Å². The lowest BCUT2D eigenvalue weighted by molar-refractivity contribution is 0.336. The van der Waals surface area contributed by atoms with E-state index in [1.165, 1.54) is 4.88 Å². The van der Waals surface area contributed by atoms with Gasteiger partial charge in [0.05, 0.1) is 11.6 Å². The molecule has 5 nitrogen and oxygen atoms in total. The van der Waals surface area contributed by atoms with Gasteiger partial charge >= 0.3 is 0 Å². The predicted octanol–water partition coefficient (Wildman–Crippen LogP) is 3.67. The fourth-order valence-corrected chi connectivity index (χ4v) is 3.30. The van der Waals surface area contributed by atoms with Crippen LogP contribution >= 0.6 is 22.9 Å². The van der Waals surface area contributed by atoms with Crippen LogP contribution in [0.15, 0.2) is 29.4 Å². The van der Waals surface area contributed by atoms with Crippen molar-refractivity contribution in [1.82, 2.24) is 15.6 Å². The number of hydrogen-bond donors (Lipinski definition) is 2. The smallest absolute Gasteiger partial charge is 0.191 e. The Balaban J connectivity index is 1.84. The standard InChI is InChI=1S/C18H25ClN4OS/c1-4-15-12-22-17(25-15)8-9-21-18(20-3)23-11-13-6-7-14(19)10-16(13)24-5-2/h6-7,10,12H,4-5,8-9,11H2,1-3H3,(H2,20,21,23). The van der Waals surface area contributed by atoms with E-state index in [0.717, 1.165) is 41.7 Å². The van der Waals surface area contributed by atoms with Gasteiger partial charge in [0.15, 0.2) is 5.96 Å². The number of guanidine groups is 1. The normalized spacial score (nSPS) is 11.4. The first-order valence-corrected chi connectivity index (χ1v) is 9.65. The number of benzene rings is 1. The first-order chi connectivity index (χ1) is 12.2. The van der Waals surface area contributed by atoms with Gasteiger partial charge in [-0.25, -0.2) is 4.98 Å². The molecule has 2 aromatic rings. The lowest BCUT2D eigenvalue weighted by atomic mass is 10.2. The SMILES string of the molecule is CCOc1cc(Cl)ccc1CNC(=NC)NCCc1ncc(CC)s1. The molecule has 0 saturated heterocycles. The first kappa shape index (κ1) is 19.5. The zero-order chi connectivity index (χ0) is 18.1. The van der Waals surface area contributed by atoms with Crippen LogP contribution in [-0.4, -0.2) is 31.1 Å². The van der Waals surface area contributed by atoms with E-state index < -0.39 is 0 Å². The maximum atomic E-state index is 6.04. The Morgan fingerprint density at radius 3 is 2.84 bits per heavy atom. The fraction of sp³-hybridized carbons (Fsp3) is 0.444. The van der Waals surface area contributed by atoms with Crippen molar-refractivity contribution in [2.75, 3.05) is 20.2 Å². The van der Waals surface area contributed by atoms with Gasteiger partial charge in [0, 0.05) is 48.2 Å². The van der Waals surface area contributed by atoms with Gasteiger partial charge in [0.25, 0.3) is 0 Å². The van der Waals surface area contributed by atoms with Crippen LogP contribution in [-0.2, 0) is 19.4 Å². The molecule has 0 aliphatic heterocycles. The largest absolute Gasteiger partial charge is 0.493 e. The second kappa shape index (κ2) is 10.3. The predicted molar refractivity (Wildman–Crippen MR) is 106 cm³/mol. The minimum Gasteiger partial charge on any atom is -0.493 e. The van der Waals surface area contributed by atoms with E-state index in [-0.39, 0.29) is 0 Å². The summed E-state index contributed by atoms with van der Waals surface area (Å²) in [5, 5.41) is 8.44. The number of thiazole rings is 1. The third-order valence-corrected chi connectivity index (χ3v) is 5.02. The number of nitrogens with one attached hydrogen (secondary N) is 2. The summed E-state index contributed by atoms with van der Waals surface area (Å²) in [4.78, 5) is 10.0. The van der Waals surface area contributed by atoms with E-state index >= 15 is 0 Å². The Labute approximate surface area is 158 Å². The highest BCUT2D eigenvalue weighted by Crippen LogP contribution is 2.23. The fourth-order valence-electron chi connectivity index (χ4n) is 2.28. The molecule has 2 rings (SSSR count). The molecule has 1 aromatic carbocycles. The van der Waals surface area contributed by atoms with E-state index in [2.05, 4.69) is 27.5 Å². The summed E-state index contributed by atoms with van der Waals surface area (Å²) >= 11 is 7.81. The van der Waals surface area contributed by atoms with Gasteiger partial charge in [-0.2, -0.15) is 0 Å². The van der Waals surface area contributed by atoms with Crippen LogP contribution in [0.5, 0.6) is 5.75 Å². The second-order valence-corrected chi connectivity index (χ2v) is 7.00. The molecule has 0 aliphatic rings. The average molecular weight is 381 g/mol. The molecule has 0 amide bonds. The zero-order valence-electron chi connectivity index (χ0n) is 14.9. The number of halogens is 1. The third kappa shape index (κ3) is 6.21. The highest BCUT2D eigenvalue weighted by atomic mass is 35.5. The van der Waals surface area contributed by atoms with Gasteiger partial charge in [-0.3, -0.25) is 4.99 Å². The molecule has 0 radical (unpaired) electrons. The molecule has 25 heavy (non-hydrogen) atoms. The molecule has 2 N–H and O–H groups in total. The minimum absolute atomic E-state index is 0.605. The van der Waals surface area contributed by atoms with Crippen LogP contribution in [0, 0.1) is 0 Å². The molecule has 0 spiro atoms. The van der Waals surface area contributed by atoms with Crippen LogP contribution in [0.3, 0.4) is 0 Å². The molecular formula is C18H25ClN4OS. The molecule has 1 heterocycles. The highest BCUT2D eigenvalue weighted by Gasteiger charge is 2.06. The van der Waals surface area contributed by atoms with E-state index in [4.69, 9.17) is 16.3 Å². The van der Waals surface area contributed by atoms with Crippen LogP contribution in [0.2, 0.25) is 5.02 Å². The first-order valence-electron chi connectivity index (χ1n) is 8.45. The van der Waals surface area contributed by atoms with Crippen molar-refractivity contribution in [3.8, 4) is 5.75 Å². The number of rotatable bonds is 8. The van der Waals surface area contributed by atoms with Crippen molar-refractivity contribution in [2.24, 2.45) is 4.99 Å². The van der Waals surface area contributed by atoms with Crippen LogP contribution in [0.1, 0.15) is 29.3 Å². The molecule has 0 aliphatic carbocycles. The number of aliphatic imine (C=N–C) groups is 1. The molecule has 7 heteroatoms. The van der Waals surface area contributed by atoms with Crippen molar-refractivity contribution in [1.29, 1.82) is 0 Å². The summed E-state index contributed by atoms with van der Waals surface area (Å²) in [5.74, 6) is 1.55. The molecule has 0 saturated carbocycles. The molecular weight excluding hydrogens is 356 g/mol. The summed E-state index contributed by atoms with van der Waals surface area (Å²) in [6.07, 6.45) is 3.89. The quantitative estimate of drug-likeness (QED) is 0.542. The summed E-state index contributed by atoms with van der Waals surface area (Å²) in [7, 11) is 1.76. The van der Waals surface area contributed by atoms with Crippen molar-refractivity contribution < 1.29 is 4.74 Å². The van der Waals surface area contributed by atoms with E-state index in [1.54, 1.807) is 18.4 Å². The summed E-state index contributed by atoms with van der Waals surface area (Å²) in [6, 6.07) is 5.67. The molecule has 0 fully saturated rings. The van der Waals surface area contributed by atoms with Gasteiger partial charge in [-0.05, 0) is 25.5 Å². The van der Waals surface area contributed by atoms with E-state index in [0.29, 0.717) is 18.2 Å². The number of aromatic nitrogens is 1. The van der Waals surface area contributed by atoms with E-state index in [9.17, 15) is 0 Å². The summed E-state index contributed by atoms with van der Waals surface area (Å²) in [6.45, 7) is 6.11. The molecule has 0 atom stereocenters. The number of aryl methyl sites for hydroxylation is 1. The van der Waals surface area contributed by atoms with Gasteiger partial charge in [-0.15, -0.1) is 11.3 Å². The van der Waals surface area contributed by atoms with Gasteiger partial charge in [0.1, 0.15) is 5.75 Å². The van der Waals surface area contributed by atoms with Crippen LogP contribution < -0.4 is 15.4 Å². The Morgan fingerprint density at radius 1 is 1.32 bits per heavy atom. The molecule has 0 bridgehead atoms. The Hall–Kier alpha value is -1.79. The van der Waals surface area contributed by atoms with Gasteiger partial charge in [0.2, 0.25) is 0 Å². The Bertz CT molecular complexity index is 702. The average Bonchev–Trinajstić information content (AvgIpc) is 3.07. The number of hydrogen-bond acceptors (Lipinski definition) is 4. The van der Waals surface area contributed by atoms with Crippen LogP contribution in [0.4, 0.5) is 0 Å². The molecule has 1 aromatic heterocycles. The summed E-state index contributed by atoms with van der Waals surface area (Å²) in [5.41, 5.74) is 1.04. The lowest BCUT2D eigenvalue weighted by Gasteiger charge is -2.14. The molecule has 136 valence electrons. The third-order valence-electron chi connectivity index (χ3n) is 3.58. The lowest BCUT2D eigenvalue weighted by Crippen LogP contribution is -2.37. The van der Waals surface area contributed by atoms with Crippen molar-refractivity contribution >= 4 is 28.9 Å².